The van der Waals surface area contributed by atoms with Crippen molar-refractivity contribution in [3.8, 4) is 5.88 Å². The molecule has 1 saturated heterocycles. The average molecular weight is 413 g/mol. The summed E-state index contributed by atoms with van der Waals surface area (Å²) < 4.78 is 24.5. The van der Waals surface area contributed by atoms with E-state index in [4.69, 9.17) is 9.47 Å². The van der Waals surface area contributed by atoms with Gasteiger partial charge in [0.15, 0.2) is 0 Å². The molecule has 1 atom stereocenters. The molecule has 0 radical (unpaired) electrons. The number of carbonyl (C=O) groups excluding carboxylic acids is 2. The van der Waals surface area contributed by atoms with Crippen molar-refractivity contribution in [1.82, 2.24) is 9.88 Å². The van der Waals surface area contributed by atoms with Crippen molar-refractivity contribution in [3.63, 3.8) is 0 Å². The molecule has 2 aliphatic heterocycles. The van der Waals surface area contributed by atoms with Crippen LogP contribution < -0.4 is 9.64 Å². The van der Waals surface area contributed by atoms with Gasteiger partial charge >= 0.3 is 0 Å². The molecule has 0 spiro atoms. The molecule has 1 fully saturated rings. The Bertz CT molecular complexity index is 958. The molecule has 0 bridgehead atoms. The first kappa shape index (κ1) is 20.3. The number of hydrogen-bond acceptors (Lipinski definition) is 5. The third kappa shape index (κ3) is 4.00. The summed E-state index contributed by atoms with van der Waals surface area (Å²) in [7, 11) is 0. The van der Waals surface area contributed by atoms with Crippen molar-refractivity contribution in [2.45, 2.75) is 26.3 Å². The number of ether oxygens (including phenoxy) is 2. The smallest absolute Gasteiger partial charge is 0.273 e. The fourth-order valence-electron chi connectivity index (χ4n) is 3.85. The number of anilines is 1. The van der Waals surface area contributed by atoms with Crippen LogP contribution in [-0.4, -0.2) is 60.7 Å². The highest BCUT2D eigenvalue weighted by Gasteiger charge is 2.32. The Balaban J connectivity index is 1.78. The van der Waals surface area contributed by atoms with E-state index in [-0.39, 0.29) is 35.2 Å². The first-order valence-electron chi connectivity index (χ1n) is 10.0. The SMILES string of the molecule is CC(=O)N1c2cc(Cc3ccc(F)cc3)c(C(=O)N3CCOCC3)nc2OC[C@@H]1C. The number of rotatable bonds is 3. The predicted molar refractivity (Wildman–Crippen MR) is 108 cm³/mol. The molecule has 1 aromatic heterocycles. The molecule has 158 valence electrons. The van der Waals surface area contributed by atoms with Crippen LogP contribution in [0.25, 0.3) is 0 Å². The Hall–Kier alpha value is -3.00. The highest BCUT2D eigenvalue weighted by Crippen LogP contribution is 2.35. The molecule has 0 unspecified atom stereocenters. The largest absolute Gasteiger partial charge is 0.474 e. The number of hydrogen-bond donors (Lipinski definition) is 0. The molecule has 2 aromatic rings. The van der Waals surface area contributed by atoms with Crippen LogP contribution in [0.15, 0.2) is 30.3 Å². The Morgan fingerprint density at radius 1 is 1.20 bits per heavy atom. The molecule has 8 heteroatoms. The second-order valence-electron chi connectivity index (χ2n) is 7.58. The Morgan fingerprint density at radius 2 is 1.90 bits per heavy atom. The minimum atomic E-state index is -0.322. The average Bonchev–Trinajstić information content (AvgIpc) is 2.74. The van der Waals surface area contributed by atoms with E-state index in [0.29, 0.717) is 50.6 Å². The molecule has 30 heavy (non-hydrogen) atoms. The summed E-state index contributed by atoms with van der Waals surface area (Å²) >= 11 is 0. The van der Waals surface area contributed by atoms with E-state index in [2.05, 4.69) is 4.98 Å². The molecule has 2 amide bonds. The predicted octanol–water partition coefficient (Wildman–Crippen LogP) is 2.42. The Morgan fingerprint density at radius 3 is 2.57 bits per heavy atom. The minimum absolute atomic E-state index is 0.117. The summed E-state index contributed by atoms with van der Waals surface area (Å²) in [5.41, 5.74) is 2.35. The third-order valence-corrected chi connectivity index (χ3v) is 5.36. The van der Waals surface area contributed by atoms with E-state index >= 15 is 0 Å². The van der Waals surface area contributed by atoms with E-state index in [9.17, 15) is 14.0 Å². The van der Waals surface area contributed by atoms with Crippen LogP contribution in [0.1, 0.15) is 35.5 Å². The molecule has 3 heterocycles. The van der Waals surface area contributed by atoms with Gasteiger partial charge in [-0.25, -0.2) is 9.37 Å². The fraction of sp³-hybridized carbons (Fsp3) is 0.409. The van der Waals surface area contributed by atoms with E-state index in [1.165, 1.54) is 19.1 Å². The summed E-state index contributed by atoms with van der Waals surface area (Å²) in [6.07, 6.45) is 0.381. The van der Waals surface area contributed by atoms with Crippen LogP contribution in [0, 0.1) is 5.82 Å². The topological polar surface area (TPSA) is 72.0 Å². The molecule has 7 nitrogen and oxygen atoms in total. The van der Waals surface area contributed by atoms with Crippen molar-refractivity contribution < 1.29 is 23.5 Å². The van der Waals surface area contributed by atoms with Crippen molar-refractivity contribution in [2.24, 2.45) is 0 Å². The van der Waals surface area contributed by atoms with Gasteiger partial charge in [-0.05, 0) is 42.7 Å². The number of amides is 2. The molecule has 0 saturated carbocycles. The number of carbonyl (C=O) groups is 2. The normalized spacial score (nSPS) is 18.6. The van der Waals surface area contributed by atoms with Gasteiger partial charge in [-0.1, -0.05) is 12.1 Å². The maximum absolute atomic E-state index is 13.3. The number of morpholine rings is 1. The lowest BCUT2D eigenvalue weighted by Crippen LogP contribution is -2.45. The van der Waals surface area contributed by atoms with Crippen molar-refractivity contribution in [2.75, 3.05) is 37.8 Å². The zero-order chi connectivity index (χ0) is 21.3. The van der Waals surface area contributed by atoms with Gasteiger partial charge in [-0.15, -0.1) is 0 Å². The van der Waals surface area contributed by atoms with Crippen LogP contribution >= 0.6 is 0 Å². The number of pyridine rings is 1. The monoisotopic (exact) mass is 413 g/mol. The number of fused-ring (bicyclic) bond motifs is 1. The molecule has 1 aromatic carbocycles. The van der Waals surface area contributed by atoms with E-state index < -0.39 is 0 Å². The highest BCUT2D eigenvalue weighted by atomic mass is 19.1. The molecule has 4 rings (SSSR count). The third-order valence-electron chi connectivity index (χ3n) is 5.36. The van der Waals surface area contributed by atoms with E-state index in [1.807, 2.05) is 6.92 Å². The van der Waals surface area contributed by atoms with Crippen LogP contribution in [0.4, 0.5) is 10.1 Å². The second kappa shape index (κ2) is 8.39. The fourth-order valence-corrected chi connectivity index (χ4v) is 3.85. The number of halogens is 1. The molecule has 0 aliphatic carbocycles. The van der Waals surface area contributed by atoms with Gasteiger partial charge in [0.05, 0.1) is 19.3 Å². The summed E-state index contributed by atoms with van der Waals surface area (Å²) in [6, 6.07) is 7.79. The maximum Gasteiger partial charge on any atom is 0.273 e. The van der Waals surface area contributed by atoms with E-state index in [1.54, 1.807) is 28.0 Å². The quantitative estimate of drug-likeness (QED) is 0.773. The van der Waals surface area contributed by atoms with Crippen molar-refractivity contribution in [3.05, 3.63) is 53.0 Å². The van der Waals surface area contributed by atoms with Gasteiger partial charge in [0.25, 0.3) is 5.91 Å². The lowest BCUT2D eigenvalue weighted by Gasteiger charge is -2.34. The maximum atomic E-state index is 13.3. The van der Waals surface area contributed by atoms with Crippen molar-refractivity contribution in [1.29, 1.82) is 0 Å². The van der Waals surface area contributed by atoms with Gasteiger partial charge in [-0.2, -0.15) is 0 Å². The van der Waals surface area contributed by atoms with Gasteiger partial charge in [-0.3, -0.25) is 9.59 Å². The summed E-state index contributed by atoms with van der Waals surface area (Å²) in [6.45, 7) is 5.65. The first-order chi connectivity index (χ1) is 14.4. The zero-order valence-corrected chi connectivity index (χ0v) is 17.1. The summed E-state index contributed by atoms with van der Waals surface area (Å²) in [4.78, 5) is 33.4. The first-order valence-corrected chi connectivity index (χ1v) is 10.0. The molecule has 2 aliphatic rings. The van der Waals surface area contributed by atoms with Crippen LogP contribution in [0.3, 0.4) is 0 Å². The molecular weight excluding hydrogens is 389 g/mol. The number of nitrogens with zero attached hydrogens (tertiary/aromatic N) is 3. The van der Waals surface area contributed by atoms with Gasteiger partial charge in [0.2, 0.25) is 11.8 Å². The highest BCUT2D eigenvalue weighted by molar-refractivity contribution is 5.97. The van der Waals surface area contributed by atoms with Crippen LogP contribution in [-0.2, 0) is 16.0 Å². The Labute approximate surface area is 174 Å². The number of aromatic nitrogens is 1. The van der Waals surface area contributed by atoms with Gasteiger partial charge < -0.3 is 19.3 Å². The zero-order valence-electron chi connectivity index (χ0n) is 17.1. The standard InChI is InChI=1S/C22H24FN3O4/c1-14-13-30-21-19(26(14)15(2)27)12-17(11-16-3-5-18(23)6-4-16)20(24-21)22(28)25-7-9-29-10-8-25/h3-6,12,14H,7-11,13H2,1-2H3/t14-/m0/s1. The molecule has 0 N–H and O–H groups in total. The summed E-state index contributed by atoms with van der Waals surface area (Å²) in [5, 5.41) is 0. The number of benzene rings is 1. The van der Waals surface area contributed by atoms with Gasteiger partial charge in [0, 0.05) is 20.0 Å². The summed E-state index contributed by atoms with van der Waals surface area (Å²) in [5.74, 6) is -0.358. The van der Waals surface area contributed by atoms with Crippen LogP contribution in [0.5, 0.6) is 5.88 Å². The minimum Gasteiger partial charge on any atom is -0.474 e. The van der Waals surface area contributed by atoms with Crippen LogP contribution in [0.2, 0.25) is 0 Å². The molecular formula is C22H24FN3O4. The van der Waals surface area contributed by atoms with E-state index in [0.717, 1.165) is 5.56 Å². The second-order valence-corrected chi connectivity index (χ2v) is 7.58. The lowest BCUT2D eigenvalue weighted by molar-refractivity contribution is -0.117. The van der Waals surface area contributed by atoms with Gasteiger partial charge in [0.1, 0.15) is 23.8 Å². The Kier molecular flexibility index (Phi) is 5.67. The van der Waals surface area contributed by atoms with Crippen molar-refractivity contribution >= 4 is 17.5 Å². The lowest BCUT2D eigenvalue weighted by atomic mass is 10.0.